The lowest BCUT2D eigenvalue weighted by atomic mass is 10.1. The average molecular weight is 448 g/mol. The highest BCUT2D eigenvalue weighted by molar-refractivity contribution is 7.23. The first-order valence-electron chi connectivity index (χ1n) is 10.5. The highest BCUT2D eigenvalue weighted by Crippen LogP contribution is 2.27. The summed E-state index contributed by atoms with van der Waals surface area (Å²) in [7, 11) is 0. The lowest BCUT2D eigenvalue weighted by Crippen LogP contribution is -2.26. The maximum atomic E-state index is 12.6. The average Bonchev–Trinajstić information content (AvgIpc) is 3.38. The Balaban J connectivity index is 1.28. The fourth-order valence-corrected chi connectivity index (χ4v) is 5.04. The van der Waals surface area contributed by atoms with E-state index < -0.39 is 11.9 Å². The number of hydrogen-bond donors (Lipinski definition) is 0. The Kier molecular flexibility index (Phi) is 5.22. The molecule has 162 valence electrons. The van der Waals surface area contributed by atoms with Crippen molar-refractivity contribution in [2.45, 2.75) is 26.4 Å². The summed E-state index contributed by atoms with van der Waals surface area (Å²) >= 11 is 1.41. The second-order valence-corrected chi connectivity index (χ2v) is 8.82. The van der Waals surface area contributed by atoms with Crippen molar-refractivity contribution < 1.29 is 14.3 Å². The van der Waals surface area contributed by atoms with Crippen LogP contribution in [0.5, 0.6) is 0 Å². The molecule has 1 fully saturated rings. The minimum absolute atomic E-state index is 0.0979. The summed E-state index contributed by atoms with van der Waals surface area (Å²) < 4.78 is 7.95. The highest BCUT2D eigenvalue weighted by atomic mass is 32.1. The van der Waals surface area contributed by atoms with Crippen molar-refractivity contribution in [1.82, 2.24) is 9.38 Å². The van der Waals surface area contributed by atoms with E-state index in [2.05, 4.69) is 11.9 Å². The zero-order valence-electron chi connectivity index (χ0n) is 17.5. The molecule has 0 radical (unpaired) electrons. The van der Waals surface area contributed by atoms with Gasteiger partial charge in [-0.3, -0.25) is 18.8 Å². The number of para-hydroxylation sites is 1. The normalized spacial score (nSPS) is 16.2. The zero-order chi connectivity index (χ0) is 22.2. The molecule has 0 bridgehead atoms. The molecule has 1 amide bonds. The van der Waals surface area contributed by atoms with Crippen LogP contribution in [-0.4, -0.2) is 27.8 Å². The number of aromatic nitrogens is 2. The number of carbonyl (C=O) groups excluding carboxylic acids is 2. The van der Waals surface area contributed by atoms with Crippen molar-refractivity contribution in [3.63, 3.8) is 0 Å². The number of fused-ring (bicyclic) bond motifs is 3. The van der Waals surface area contributed by atoms with Crippen molar-refractivity contribution >= 4 is 44.1 Å². The van der Waals surface area contributed by atoms with Crippen LogP contribution in [0.4, 0.5) is 5.69 Å². The molecule has 0 aliphatic carbocycles. The van der Waals surface area contributed by atoms with E-state index >= 15 is 0 Å². The molecule has 0 unspecified atom stereocenters. The SMILES string of the molecule is CCc1ccc(N2C[C@H](C(=O)OCc3cc(=O)n4c(n3)sc3ccccc34)CC2=O)cc1. The van der Waals surface area contributed by atoms with Crippen LogP contribution >= 0.6 is 11.3 Å². The van der Waals surface area contributed by atoms with Crippen LogP contribution in [0.1, 0.15) is 24.6 Å². The maximum Gasteiger partial charge on any atom is 0.311 e. The molecular weight excluding hydrogens is 426 g/mol. The third kappa shape index (κ3) is 3.67. The Labute approximate surface area is 187 Å². The molecule has 7 nitrogen and oxygen atoms in total. The number of carbonyl (C=O) groups is 2. The second-order valence-electron chi connectivity index (χ2n) is 7.81. The minimum Gasteiger partial charge on any atom is -0.459 e. The van der Waals surface area contributed by atoms with E-state index in [1.54, 1.807) is 9.30 Å². The first kappa shape index (κ1) is 20.4. The van der Waals surface area contributed by atoms with Crippen molar-refractivity contribution in [3.8, 4) is 0 Å². The number of nitrogens with zero attached hydrogens (tertiary/aromatic N) is 3. The Hall–Kier alpha value is -3.52. The van der Waals surface area contributed by atoms with Crippen LogP contribution < -0.4 is 10.5 Å². The van der Waals surface area contributed by atoms with Gasteiger partial charge in [-0.05, 0) is 36.2 Å². The first-order chi connectivity index (χ1) is 15.5. The smallest absolute Gasteiger partial charge is 0.311 e. The van der Waals surface area contributed by atoms with Gasteiger partial charge in [-0.15, -0.1) is 0 Å². The molecule has 1 saturated heterocycles. The van der Waals surface area contributed by atoms with Crippen molar-refractivity contribution in [2.75, 3.05) is 11.4 Å². The summed E-state index contributed by atoms with van der Waals surface area (Å²) in [6.07, 6.45) is 1.04. The molecule has 5 rings (SSSR count). The Morgan fingerprint density at radius 3 is 2.72 bits per heavy atom. The van der Waals surface area contributed by atoms with Gasteiger partial charge < -0.3 is 9.64 Å². The van der Waals surface area contributed by atoms with Crippen LogP contribution in [0, 0.1) is 5.92 Å². The molecule has 4 aromatic rings. The lowest BCUT2D eigenvalue weighted by Gasteiger charge is -2.17. The number of benzene rings is 2. The number of amides is 1. The molecule has 0 N–H and O–H groups in total. The summed E-state index contributed by atoms with van der Waals surface area (Å²) in [4.78, 5) is 44.4. The minimum atomic E-state index is -0.539. The Morgan fingerprint density at radius 1 is 1.16 bits per heavy atom. The van der Waals surface area contributed by atoms with Crippen LogP contribution in [0.25, 0.3) is 15.2 Å². The van der Waals surface area contributed by atoms with Crippen molar-refractivity contribution in [3.05, 3.63) is 76.2 Å². The van der Waals surface area contributed by atoms with E-state index in [9.17, 15) is 14.4 Å². The van der Waals surface area contributed by atoms with Gasteiger partial charge in [0.1, 0.15) is 6.61 Å². The molecule has 1 atom stereocenters. The predicted octanol–water partition coefficient (Wildman–Crippen LogP) is 3.57. The fourth-order valence-electron chi connectivity index (χ4n) is 3.99. The number of rotatable bonds is 5. The standard InChI is InChI=1S/C24H21N3O4S/c1-2-15-7-9-18(10-8-15)26-13-16(11-21(26)28)23(30)31-14-17-12-22(29)27-19-5-3-4-6-20(19)32-24(27)25-17/h3-10,12,16H,2,11,13-14H2,1H3/t16-/m1/s1. The second kappa shape index (κ2) is 8.20. The molecule has 32 heavy (non-hydrogen) atoms. The van der Waals surface area contributed by atoms with Gasteiger partial charge in [-0.1, -0.05) is 42.5 Å². The van der Waals surface area contributed by atoms with E-state index in [4.69, 9.17) is 4.74 Å². The van der Waals surface area contributed by atoms with Crippen LogP contribution in [0.2, 0.25) is 0 Å². The Bertz CT molecular complexity index is 1390. The number of thiazole rings is 1. The lowest BCUT2D eigenvalue weighted by molar-refractivity contribution is -0.149. The van der Waals surface area contributed by atoms with Crippen LogP contribution in [0.3, 0.4) is 0 Å². The summed E-state index contributed by atoms with van der Waals surface area (Å²) in [5, 5.41) is 0. The number of anilines is 1. The van der Waals surface area contributed by atoms with E-state index in [0.29, 0.717) is 10.7 Å². The van der Waals surface area contributed by atoms with E-state index in [-0.39, 0.29) is 31.0 Å². The van der Waals surface area contributed by atoms with E-state index in [1.807, 2.05) is 48.5 Å². The summed E-state index contributed by atoms with van der Waals surface area (Å²) in [5.74, 6) is -1.09. The van der Waals surface area contributed by atoms with Gasteiger partial charge >= 0.3 is 5.97 Å². The molecule has 2 aromatic heterocycles. The van der Waals surface area contributed by atoms with Gasteiger partial charge in [0.2, 0.25) is 5.91 Å². The van der Waals surface area contributed by atoms with E-state index in [0.717, 1.165) is 22.3 Å². The monoisotopic (exact) mass is 447 g/mol. The topological polar surface area (TPSA) is 81.0 Å². The summed E-state index contributed by atoms with van der Waals surface area (Å²) in [6.45, 7) is 2.26. The third-order valence-electron chi connectivity index (χ3n) is 5.73. The number of hydrogen-bond acceptors (Lipinski definition) is 6. The maximum absolute atomic E-state index is 12.6. The molecule has 2 aromatic carbocycles. The van der Waals surface area contributed by atoms with Gasteiger partial charge in [0, 0.05) is 24.7 Å². The number of aryl methyl sites for hydroxylation is 1. The van der Waals surface area contributed by atoms with Gasteiger partial charge in [0.05, 0.1) is 21.8 Å². The van der Waals surface area contributed by atoms with E-state index in [1.165, 1.54) is 23.0 Å². The molecule has 1 aliphatic rings. The quantitative estimate of drug-likeness (QED) is 0.437. The van der Waals surface area contributed by atoms with Crippen LogP contribution in [0.15, 0.2) is 59.4 Å². The third-order valence-corrected chi connectivity index (χ3v) is 6.75. The predicted molar refractivity (Wildman–Crippen MR) is 123 cm³/mol. The van der Waals surface area contributed by atoms with Gasteiger partial charge in [-0.25, -0.2) is 4.98 Å². The molecule has 0 spiro atoms. The molecular formula is C24H21N3O4S. The zero-order valence-corrected chi connectivity index (χ0v) is 18.3. The summed E-state index contributed by atoms with van der Waals surface area (Å²) in [5.41, 5.74) is 2.97. The van der Waals surface area contributed by atoms with Crippen molar-refractivity contribution in [2.24, 2.45) is 5.92 Å². The first-order valence-corrected chi connectivity index (χ1v) is 11.3. The Morgan fingerprint density at radius 2 is 1.94 bits per heavy atom. The van der Waals surface area contributed by atoms with Gasteiger partial charge in [0.25, 0.3) is 5.56 Å². The van der Waals surface area contributed by atoms with Gasteiger partial charge in [0.15, 0.2) is 4.96 Å². The van der Waals surface area contributed by atoms with Gasteiger partial charge in [-0.2, -0.15) is 0 Å². The number of ether oxygens (including phenoxy) is 1. The molecule has 3 heterocycles. The van der Waals surface area contributed by atoms with Crippen LogP contribution in [-0.2, 0) is 27.4 Å². The molecule has 0 saturated carbocycles. The molecule has 8 heteroatoms. The highest BCUT2D eigenvalue weighted by Gasteiger charge is 2.36. The van der Waals surface area contributed by atoms with Crippen molar-refractivity contribution in [1.29, 1.82) is 0 Å². The molecule has 1 aliphatic heterocycles. The fraction of sp³-hybridized carbons (Fsp3) is 0.250. The summed E-state index contributed by atoms with van der Waals surface area (Å²) in [6, 6.07) is 16.8. The largest absolute Gasteiger partial charge is 0.459 e. The number of esters is 1.